The monoisotopic (exact) mass is 322 g/mol. The summed E-state index contributed by atoms with van der Waals surface area (Å²) in [5.41, 5.74) is 0.425. The zero-order valence-corrected chi connectivity index (χ0v) is 12.6. The highest BCUT2D eigenvalue weighted by Gasteiger charge is 2.27. The molecule has 0 bridgehead atoms. The van der Waals surface area contributed by atoms with Gasteiger partial charge in [0, 0.05) is 19.7 Å². The Balaban J connectivity index is 2.98. The number of carbonyl (C=O) groups is 1. The van der Waals surface area contributed by atoms with Crippen LogP contribution in [0.2, 0.25) is 0 Å². The van der Waals surface area contributed by atoms with Gasteiger partial charge < -0.3 is 15.1 Å². The average molecular weight is 322 g/mol. The van der Waals surface area contributed by atoms with Gasteiger partial charge in [0.15, 0.2) is 0 Å². The lowest BCUT2D eigenvalue weighted by atomic mass is 10.3. The van der Waals surface area contributed by atoms with Gasteiger partial charge in [-0.1, -0.05) is 0 Å². The lowest BCUT2D eigenvalue weighted by Gasteiger charge is -2.17. The number of anilines is 1. The third-order valence-corrected chi connectivity index (χ3v) is 5.07. The van der Waals surface area contributed by atoms with Crippen LogP contribution in [0.1, 0.15) is 6.92 Å². The minimum absolute atomic E-state index is 0.123. The van der Waals surface area contributed by atoms with Crippen molar-refractivity contribution in [2.24, 2.45) is 0 Å². The van der Waals surface area contributed by atoms with Gasteiger partial charge in [-0.05, 0) is 24.3 Å². The van der Waals surface area contributed by atoms with Gasteiger partial charge >= 0.3 is 7.60 Å². The first-order valence-electron chi connectivity index (χ1n) is 5.41. The molecule has 1 aromatic rings. The first-order valence-corrected chi connectivity index (χ1v) is 8.65. The van der Waals surface area contributed by atoms with Crippen LogP contribution in [0.25, 0.3) is 0 Å². The van der Waals surface area contributed by atoms with E-state index in [0.717, 1.165) is 7.05 Å². The highest BCUT2D eigenvalue weighted by molar-refractivity contribution is 7.89. The van der Waals surface area contributed by atoms with Crippen LogP contribution in [0.3, 0.4) is 0 Å². The first kappa shape index (κ1) is 16.8. The summed E-state index contributed by atoms with van der Waals surface area (Å²) < 4.78 is 35.5. The van der Waals surface area contributed by atoms with Crippen LogP contribution < -0.4 is 5.32 Å². The molecule has 0 fully saturated rings. The van der Waals surface area contributed by atoms with Crippen molar-refractivity contribution in [1.82, 2.24) is 4.31 Å². The zero-order chi connectivity index (χ0) is 15.6. The van der Waals surface area contributed by atoms with Gasteiger partial charge in [0.1, 0.15) is 6.29 Å². The van der Waals surface area contributed by atoms with Crippen molar-refractivity contribution in [1.29, 1.82) is 0 Å². The number of hydrogen-bond acceptors (Lipinski definition) is 4. The fourth-order valence-corrected chi connectivity index (χ4v) is 3.85. The normalized spacial score (nSPS) is 12.4. The molecule has 112 valence electrons. The molecule has 10 heteroatoms. The van der Waals surface area contributed by atoms with E-state index in [2.05, 4.69) is 5.32 Å². The van der Waals surface area contributed by atoms with Crippen LogP contribution in [-0.2, 0) is 19.4 Å². The molecule has 0 aromatic heterocycles. The minimum Gasteiger partial charge on any atom is -0.326 e. The average Bonchev–Trinajstić information content (AvgIpc) is 2.26. The largest absolute Gasteiger partial charge is 0.340 e. The van der Waals surface area contributed by atoms with E-state index < -0.39 is 23.9 Å². The zero-order valence-electron chi connectivity index (χ0n) is 10.8. The molecule has 0 saturated carbocycles. The van der Waals surface area contributed by atoms with Crippen LogP contribution in [0.4, 0.5) is 5.69 Å². The molecule has 0 heterocycles. The van der Waals surface area contributed by atoms with Crippen molar-refractivity contribution >= 4 is 29.2 Å². The number of sulfonamides is 1. The second-order valence-corrected chi connectivity index (χ2v) is 7.77. The summed E-state index contributed by atoms with van der Waals surface area (Å²) in [6.07, 6.45) is -0.900. The quantitative estimate of drug-likeness (QED) is 0.674. The fourth-order valence-electron chi connectivity index (χ4n) is 1.43. The minimum atomic E-state index is -4.48. The third-order valence-electron chi connectivity index (χ3n) is 2.27. The summed E-state index contributed by atoms with van der Waals surface area (Å²) in [5, 5.41) is 2.48. The highest BCUT2D eigenvalue weighted by Crippen LogP contribution is 2.36. The number of hydrogen-bond donors (Lipinski definition) is 3. The molecular weight excluding hydrogens is 307 g/mol. The maximum absolute atomic E-state index is 12.0. The molecule has 1 rings (SSSR count). The van der Waals surface area contributed by atoms with Gasteiger partial charge in [-0.3, -0.25) is 9.36 Å². The molecule has 8 nitrogen and oxygen atoms in total. The Kier molecular flexibility index (Phi) is 5.06. The van der Waals surface area contributed by atoms with E-state index in [1.165, 1.54) is 31.2 Å². The Morgan fingerprint density at radius 3 is 2.20 bits per heavy atom. The van der Waals surface area contributed by atoms with Crippen molar-refractivity contribution in [2.45, 2.75) is 11.8 Å². The van der Waals surface area contributed by atoms with Crippen molar-refractivity contribution in [3.63, 3.8) is 0 Å². The number of nitrogens with one attached hydrogen (secondary N) is 1. The van der Waals surface area contributed by atoms with Gasteiger partial charge in [0.2, 0.25) is 15.9 Å². The highest BCUT2D eigenvalue weighted by atomic mass is 32.2. The predicted octanol–water partition coefficient (Wildman–Crippen LogP) is 0.401. The van der Waals surface area contributed by atoms with Crippen LogP contribution >= 0.6 is 7.60 Å². The SMILES string of the molecule is CC(=O)Nc1ccc(S(=O)(=O)N(C)CP(=O)(O)O)cc1. The first-order chi connectivity index (χ1) is 9.02. The molecular formula is C10H15N2O6PS. The lowest BCUT2D eigenvalue weighted by molar-refractivity contribution is -0.114. The summed E-state index contributed by atoms with van der Waals surface area (Å²) in [7, 11) is -7.39. The summed E-state index contributed by atoms with van der Waals surface area (Å²) in [4.78, 5) is 28.3. The number of nitrogens with zero attached hydrogens (tertiary/aromatic N) is 1. The molecule has 3 N–H and O–H groups in total. The maximum atomic E-state index is 12.0. The topological polar surface area (TPSA) is 124 Å². The van der Waals surface area contributed by atoms with Gasteiger partial charge in [0.05, 0.1) is 4.90 Å². The van der Waals surface area contributed by atoms with Crippen LogP contribution in [0.15, 0.2) is 29.2 Å². The van der Waals surface area contributed by atoms with E-state index in [4.69, 9.17) is 9.79 Å². The Bertz CT molecular complexity index is 636. The Labute approximate surface area is 116 Å². The Morgan fingerprint density at radius 2 is 1.80 bits per heavy atom. The molecule has 0 spiro atoms. The van der Waals surface area contributed by atoms with Gasteiger partial charge in [-0.15, -0.1) is 0 Å². The van der Waals surface area contributed by atoms with Crippen molar-refractivity contribution in [3.05, 3.63) is 24.3 Å². The van der Waals surface area contributed by atoms with E-state index in [-0.39, 0.29) is 10.8 Å². The fraction of sp³-hybridized carbons (Fsp3) is 0.300. The van der Waals surface area contributed by atoms with Gasteiger partial charge in [-0.2, -0.15) is 4.31 Å². The molecule has 0 aliphatic carbocycles. The standard InChI is InChI=1S/C10H15N2O6PS/c1-8(13)11-9-3-5-10(6-4-9)20(17,18)12(2)7-19(14,15)16/h3-6H,7H2,1-2H3,(H,11,13)(H2,14,15,16). The molecule has 0 radical (unpaired) electrons. The maximum Gasteiger partial charge on any atom is 0.340 e. The summed E-state index contributed by atoms with van der Waals surface area (Å²) in [5.74, 6) is -0.292. The molecule has 20 heavy (non-hydrogen) atoms. The predicted molar refractivity (Wildman–Crippen MR) is 72.6 cm³/mol. The van der Waals surface area contributed by atoms with E-state index in [1.54, 1.807) is 0 Å². The third kappa shape index (κ3) is 4.69. The van der Waals surface area contributed by atoms with Crippen molar-refractivity contribution in [2.75, 3.05) is 18.7 Å². The van der Waals surface area contributed by atoms with Crippen LogP contribution in [0, 0.1) is 0 Å². The lowest BCUT2D eigenvalue weighted by Crippen LogP contribution is -2.28. The molecule has 0 aliphatic rings. The number of amides is 1. The van der Waals surface area contributed by atoms with Crippen LogP contribution in [0.5, 0.6) is 0 Å². The molecule has 0 aliphatic heterocycles. The number of carbonyl (C=O) groups excluding carboxylic acids is 1. The van der Waals surface area contributed by atoms with E-state index >= 15 is 0 Å². The molecule has 0 atom stereocenters. The van der Waals surface area contributed by atoms with Crippen molar-refractivity contribution in [3.8, 4) is 0 Å². The van der Waals surface area contributed by atoms with Gasteiger partial charge in [-0.25, -0.2) is 8.42 Å². The van der Waals surface area contributed by atoms with E-state index in [1.807, 2.05) is 0 Å². The molecule has 0 saturated heterocycles. The van der Waals surface area contributed by atoms with E-state index in [9.17, 15) is 17.8 Å². The molecule has 0 unspecified atom stereocenters. The Morgan fingerprint density at radius 1 is 1.30 bits per heavy atom. The summed E-state index contributed by atoms with van der Waals surface area (Å²) in [6.45, 7) is 1.32. The molecule has 1 aromatic carbocycles. The smallest absolute Gasteiger partial charge is 0.326 e. The van der Waals surface area contributed by atoms with Crippen LogP contribution in [-0.4, -0.2) is 41.8 Å². The second-order valence-electron chi connectivity index (χ2n) is 4.11. The Hall–Kier alpha value is -1.25. The number of rotatable bonds is 5. The molecule has 1 amide bonds. The van der Waals surface area contributed by atoms with Crippen molar-refractivity contribution < 1.29 is 27.6 Å². The summed E-state index contributed by atoms with van der Waals surface area (Å²) in [6, 6.07) is 5.27. The summed E-state index contributed by atoms with van der Waals surface area (Å²) >= 11 is 0. The second kappa shape index (κ2) is 6.02. The van der Waals surface area contributed by atoms with Gasteiger partial charge in [0.25, 0.3) is 0 Å². The number of benzene rings is 1. The van der Waals surface area contributed by atoms with E-state index in [0.29, 0.717) is 9.99 Å².